The first-order chi connectivity index (χ1) is 22.6. The highest BCUT2D eigenvalue weighted by atomic mass is 16.3. The fourth-order valence-electron chi connectivity index (χ4n) is 6.76. The molecule has 7 aromatic rings. The van der Waals surface area contributed by atoms with Gasteiger partial charge in [0.1, 0.15) is 5.75 Å². The van der Waals surface area contributed by atoms with Crippen LogP contribution in [0.2, 0.25) is 0 Å². The number of aryl methyl sites for hydroxylation is 3. The predicted octanol–water partition coefficient (Wildman–Crippen LogP) is 10.4. The van der Waals surface area contributed by atoms with Gasteiger partial charge in [-0.25, -0.2) is 4.98 Å². The molecule has 4 aromatic carbocycles. The Morgan fingerprint density at radius 2 is 1.38 bits per heavy atom. The first-order valence-corrected chi connectivity index (χ1v) is 16.0. The molecule has 0 fully saturated rings. The number of fused-ring (bicyclic) bond motifs is 1. The molecule has 5 nitrogen and oxygen atoms in total. The van der Waals surface area contributed by atoms with Gasteiger partial charge in [-0.15, -0.1) is 0 Å². The Kier molecular flexibility index (Phi) is 7.48. The van der Waals surface area contributed by atoms with Crippen LogP contribution in [0.1, 0.15) is 43.0 Å². The smallest absolute Gasteiger partial charge is 0.151 e. The van der Waals surface area contributed by atoms with E-state index in [0.717, 1.165) is 50.2 Å². The molecule has 1 N–H and O–H groups in total. The van der Waals surface area contributed by atoms with E-state index in [4.69, 9.17) is 9.97 Å². The summed E-state index contributed by atoms with van der Waals surface area (Å²) in [6.07, 6.45) is 5.30. The molecule has 0 bridgehead atoms. The highest BCUT2D eigenvalue weighted by Crippen LogP contribution is 2.42. The number of aromatic nitrogens is 4. The number of para-hydroxylation sites is 2. The number of benzene rings is 4. The quantitative estimate of drug-likeness (QED) is 0.210. The van der Waals surface area contributed by atoms with Crippen LogP contribution in [0.15, 0.2) is 116 Å². The predicted molar refractivity (Wildman–Crippen MR) is 193 cm³/mol. The molecule has 0 saturated carbocycles. The summed E-state index contributed by atoms with van der Waals surface area (Å²) in [5, 5.41) is 11.7. The second-order valence-electron chi connectivity index (χ2n) is 13.4. The van der Waals surface area contributed by atoms with Crippen molar-refractivity contribution in [1.82, 2.24) is 19.5 Å². The molecule has 0 amide bonds. The monoisotopic (exact) mass is 614 g/mol. The van der Waals surface area contributed by atoms with Gasteiger partial charge < -0.3 is 5.11 Å². The van der Waals surface area contributed by atoms with E-state index >= 15 is 0 Å². The zero-order valence-corrected chi connectivity index (χ0v) is 27.7. The number of rotatable bonds is 5. The average Bonchev–Trinajstić information content (AvgIpc) is 3.44. The van der Waals surface area contributed by atoms with Gasteiger partial charge >= 0.3 is 0 Å². The van der Waals surface area contributed by atoms with Gasteiger partial charge in [-0.3, -0.25) is 14.5 Å². The summed E-state index contributed by atoms with van der Waals surface area (Å²) in [6, 6.07) is 33.7. The second kappa shape index (κ2) is 11.7. The number of pyridine rings is 2. The maximum Gasteiger partial charge on any atom is 0.151 e. The number of imidazole rings is 1. The van der Waals surface area contributed by atoms with Gasteiger partial charge in [0, 0.05) is 41.0 Å². The van der Waals surface area contributed by atoms with E-state index in [2.05, 4.69) is 118 Å². The summed E-state index contributed by atoms with van der Waals surface area (Å²) in [4.78, 5) is 14.6. The molecule has 3 heterocycles. The molecule has 0 radical (unpaired) electrons. The zero-order chi connectivity index (χ0) is 32.9. The first-order valence-electron chi connectivity index (χ1n) is 16.0. The third-order valence-corrected chi connectivity index (χ3v) is 8.84. The minimum atomic E-state index is -0.295. The molecule has 0 aliphatic rings. The van der Waals surface area contributed by atoms with E-state index < -0.39 is 0 Å². The third-order valence-electron chi connectivity index (χ3n) is 8.84. The van der Waals surface area contributed by atoms with Crippen molar-refractivity contribution in [2.45, 2.75) is 47.0 Å². The van der Waals surface area contributed by atoms with Gasteiger partial charge in [0.15, 0.2) is 5.82 Å². The Hall–Kier alpha value is -5.55. The molecular weight excluding hydrogens is 576 g/mol. The summed E-state index contributed by atoms with van der Waals surface area (Å²) in [5.41, 5.74) is 13.9. The molecule has 0 saturated heterocycles. The summed E-state index contributed by atoms with van der Waals surface area (Å²) in [5.74, 6) is 0.840. The molecule has 232 valence electrons. The average molecular weight is 615 g/mol. The summed E-state index contributed by atoms with van der Waals surface area (Å²) < 4.78 is 2.12. The van der Waals surface area contributed by atoms with Crippen molar-refractivity contribution in [3.05, 3.63) is 138 Å². The SMILES string of the molecule is Cc1cc(C)c(-c2cc(-c3ccccn3)cc(-c3cccc4c3nc(-c3cncc(C(C)(C)C)c3O)n4-c3ccccc3)c2)c(C)c1. The molecule has 0 atom stereocenters. The van der Waals surface area contributed by atoms with Crippen LogP contribution < -0.4 is 0 Å². The van der Waals surface area contributed by atoms with Gasteiger partial charge in [0.2, 0.25) is 0 Å². The van der Waals surface area contributed by atoms with Crippen LogP contribution in [-0.4, -0.2) is 24.6 Å². The molecule has 0 spiro atoms. The lowest BCUT2D eigenvalue weighted by Crippen LogP contribution is -2.12. The molecule has 0 aliphatic carbocycles. The maximum atomic E-state index is 11.7. The highest BCUT2D eigenvalue weighted by molar-refractivity contribution is 5.97. The number of nitrogens with zero attached hydrogens (tertiary/aromatic N) is 4. The molecule has 5 heteroatoms. The van der Waals surface area contributed by atoms with Crippen LogP contribution in [0.3, 0.4) is 0 Å². The Bertz CT molecular complexity index is 2240. The van der Waals surface area contributed by atoms with Crippen LogP contribution in [-0.2, 0) is 5.41 Å². The van der Waals surface area contributed by atoms with Crippen molar-refractivity contribution in [2.75, 3.05) is 0 Å². The second-order valence-corrected chi connectivity index (χ2v) is 13.4. The van der Waals surface area contributed by atoms with Crippen molar-refractivity contribution in [2.24, 2.45) is 0 Å². The molecule has 0 unspecified atom stereocenters. The fourth-order valence-corrected chi connectivity index (χ4v) is 6.76. The van der Waals surface area contributed by atoms with Crippen molar-refractivity contribution in [3.8, 4) is 56.3 Å². The minimum Gasteiger partial charge on any atom is -0.507 e. The maximum absolute atomic E-state index is 11.7. The fraction of sp³-hybridized carbons (Fsp3) is 0.167. The summed E-state index contributed by atoms with van der Waals surface area (Å²) in [6.45, 7) is 12.7. The van der Waals surface area contributed by atoms with Crippen molar-refractivity contribution < 1.29 is 5.11 Å². The van der Waals surface area contributed by atoms with Gasteiger partial charge in [0.25, 0.3) is 0 Å². The lowest BCUT2D eigenvalue weighted by atomic mass is 9.86. The molecule has 7 rings (SSSR count). The number of aromatic hydroxyl groups is 1. The molecule has 0 aliphatic heterocycles. The van der Waals surface area contributed by atoms with E-state index in [0.29, 0.717) is 11.4 Å². The van der Waals surface area contributed by atoms with Crippen molar-refractivity contribution >= 4 is 11.0 Å². The Morgan fingerprint density at radius 1 is 0.681 bits per heavy atom. The van der Waals surface area contributed by atoms with Crippen LogP contribution in [0.25, 0.3) is 61.6 Å². The van der Waals surface area contributed by atoms with Crippen molar-refractivity contribution in [1.29, 1.82) is 0 Å². The van der Waals surface area contributed by atoms with Crippen LogP contribution in [0, 0.1) is 20.8 Å². The van der Waals surface area contributed by atoms with Gasteiger partial charge in [0.05, 0.1) is 22.3 Å². The van der Waals surface area contributed by atoms with Crippen LogP contribution >= 0.6 is 0 Å². The topological polar surface area (TPSA) is 63.8 Å². The highest BCUT2D eigenvalue weighted by Gasteiger charge is 2.25. The summed E-state index contributed by atoms with van der Waals surface area (Å²) >= 11 is 0. The number of hydrogen-bond donors (Lipinski definition) is 1. The van der Waals surface area contributed by atoms with E-state index in [1.165, 1.54) is 22.3 Å². The van der Waals surface area contributed by atoms with Crippen molar-refractivity contribution in [3.63, 3.8) is 0 Å². The molecule has 3 aromatic heterocycles. The van der Waals surface area contributed by atoms with Crippen LogP contribution in [0.4, 0.5) is 0 Å². The normalized spacial score (nSPS) is 11.7. The third kappa shape index (κ3) is 5.48. The van der Waals surface area contributed by atoms with E-state index in [9.17, 15) is 5.11 Å². The lowest BCUT2D eigenvalue weighted by Gasteiger charge is -2.21. The largest absolute Gasteiger partial charge is 0.507 e. The first kappa shape index (κ1) is 30.1. The Balaban J connectivity index is 1.53. The van der Waals surface area contributed by atoms with Gasteiger partial charge in [-0.2, -0.15) is 0 Å². The van der Waals surface area contributed by atoms with Gasteiger partial charge in [-0.1, -0.05) is 74.9 Å². The zero-order valence-electron chi connectivity index (χ0n) is 27.7. The Labute approximate surface area is 276 Å². The molecular formula is C42H38N4O. The standard InChI is InChI=1S/C42H38N4O/c1-26-19-27(2)38(28(3)20-26)31-22-29(21-30(23-31)36-16-10-11-18-44-36)33-15-12-17-37-39(33)45-41(46(37)32-13-8-7-9-14-32)34-24-43-25-35(40(34)47)42(4,5)6/h7-25H,1-6H3,(H,43,47). The summed E-state index contributed by atoms with van der Waals surface area (Å²) in [7, 11) is 0. The van der Waals surface area contributed by atoms with E-state index in [1.54, 1.807) is 12.4 Å². The lowest BCUT2D eigenvalue weighted by molar-refractivity contribution is 0.446. The Morgan fingerprint density at radius 3 is 2.09 bits per heavy atom. The number of hydrogen-bond acceptors (Lipinski definition) is 4. The van der Waals surface area contributed by atoms with Crippen LogP contribution in [0.5, 0.6) is 5.75 Å². The van der Waals surface area contributed by atoms with E-state index in [1.807, 2.05) is 36.5 Å². The van der Waals surface area contributed by atoms with Gasteiger partial charge in [-0.05, 0) is 103 Å². The van der Waals surface area contributed by atoms with E-state index in [-0.39, 0.29) is 11.2 Å². The minimum absolute atomic E-state index is 0.200. The molecule has 47 heavy (non-hydrogen) atoms.